The van der Waals surface area contributed by atoms with Gasteiger partial charge in [-0.25, -0.2) is 14.8 Å². The lowest BCUT2D eigenvalue weighted by atomic mass is 9.84. The van der Waals surface area contributed by atoms with Crippen molar-refractivity contribution < 1.29 is 56.2 Å². The Hall–Kier alpha value is -5.26. The SMILES string of the molecule is CC1(C)[C@H](NC(=O)/C(=N\O[C@@H](COc2ccc(-c3ccc(NC(=O)[C@@H](N)CO)nc3)cc2)C(=O)O)c2csc(N)n2)C(=O)N1OS(=O)(=O)O. The third kappa shape index (κ3) is 9.01. The Balaban J connectivity index is 1.42. The van der Waals surface area contributed by atoms with Crippen molar-refractivity contribution in [1.29, 1.82) is 0 Å². The molecule has 2 aromatic heterocycles. The topological polar surface area (TPSA) is 308 Å². The van der Waals surface area contributed by atoms with E-state index in [9.17, 15) is 32.7 Å². The number of hydroxylamine groups is 2. The summed E-state index contributed by atoms with van der Waals surface area (Å²) in [6, 6.07) is 7.23. The van der Waals surface area contributed by atoms with Crippen molar-refractivity contribution in [2.75, 3.05) is 24.3 Å². The molecule has 1 aromatic carbocycles. The summed E-state index contributed by atoms with van der Waals surface area (Å²) in [7, 11) is -5.04. The third-order valence-corrected chi connectivity index (χ3v) is 7.80. The Morgan fingerprint density at radius 2 is 1.84 bits per heavy atom. The molecule has 1 fully saturated rings. The quantitative estimate of drug-likeness (QED) is 0.0434. The summed E-state index contributed by atoms with van der Waals surface area (Å²) < 4.78 is 40.9. The van der Waals surface area contributed by atoms with Crippen molar-refractivity contribution in [2.45, 2.75) is 37.6 Å². The maximum absolute atomic E-state index is 13.2. The molecule has 0 aliphatic carbocycles. The molecular formula is C27H30N8O12S2. The number of aromatic nitrogens is 2. The molecule has 0 saturated carbocycles. The number of carbonyl (C=O) groups is 4. The van der Waals surface area contributed by atoms with E-state index >= 15 is 0 Å². The number of amides is 3. The van der Waals surface area contributed by atoms with Crippen LogP contribution in [-0.4, -0.2) is 105 Å². The number of aliphatic hydroxyl groups excluding tert-OH is 1. The summed E-state index contributed by atoms with van der Waals surface area (Å²) in [6.45, 7) is 1.60. The van der Waals surface area contributed by atoms with Crippen molar-refractivity contribution in [2.24, 2.45) is 10.9 Å². The number of carboxylic acids is 1. The number of ether oxygens (including phenoxy) is 1. The predicted octanol–water partition coefficient (Wildman–Crippen LogP) is -0.862. The second-order valence-corrected chi connectivity index (χ2v) is 12.6. The molecule has 3 aromatic rings. The summed E-state index contributed by atoms with van der Waals surface area (Å²) in [4.78, 5) is 62.7. The van der Waals surface area contributed by atoms with Crippen LogP contribution in [-0.2, 0) is 38.7 Å². The Morgan fingerprint density at radius 3 is 2.37 bits per heavy atom. The lowest BCUT2D eigenvalue weighted by Gasteiger charge is -2.50. The van der Waals surface area contributed by atoms with Crippen LogP contribution < -0.4 is 26.8 Å². The van der Waals surface area contributed by atoms with E-state index in [0.717, 1.165) is 11.3 Å². The number of carboxylic acid groups (broad SMARTS) is 1. The first-order valence-corrected chi connectivity index (χ1v) is 16.1. The van der Waals surface area contributed by atoms with Crippen LogP contribution in [0.3, 0.4) is 0 Å². The summed E-state index contributed by atoms with van der Waals surface area (Å²) in [5.41, 5.74) is 10.4. The van der Waals surface area contributed by atoms with Gasteiger partial charge in [0.2, 0.25) is 5.91 Å². The van der Waals surface area contributed by atoms with E-state index in [2.05, 4.69) is 30.0 Å². The number of thiazole rings is 1. The highest BCUT2D eigenvalue weighted by Gasteiger charge is 2.58. The number of aliphatic hydroxyl groups is 1. The van der Waals surface area contributed by atoms with E-state index in [1.54, 1.807) is 36.4 Å². The van der Waals surface area contributed by atoms with Crippen molar-refractivity contribution in [1.82, 2.24) is 20.3 Å². The Bertz CT molecular complexity index is 1850. The van der Waals surface area contributed by atoms with Crippen LogP contribution in [0.25, 0.3) is 11.1 Å². The number of benzene rings is 1. The van der Waals surface area contributed by atoms with Gasteiger partial charge in [-0.2, -0.15) is 13.5 Å². The standard InChI is InChI=1S/C27H30N8O12S2/c1-27(2)21(24(39)35(27)47-49(42,43)44)33-23(38)20(17-12-48-26(29)31-17)34-46-18(25(40)41)11-45-15-6-3-13(4-7-15)14-5-8-19(30-9-14)32-22(37)16(28)10-36/h3-9,12,16,18,21,36H,10-11,28H2,1-2H3,(H2,29,31)(H,33,38)(H,40,41)(H,30,32,37)(H,42,43,44)/b34-20-/t16-,18-,21+/m0/s1. The smallest absolute Gasteiger partial charge is 0.418 e. The fourth-order valence-electron chi connectivity index (χ4n) is 4.14. The minimum Gasteiger partial charge on any atom is -0.489 e. The predicted molar refractivity (Wildman–Crippen MR) is 170 cm³/mol. The Kier molecular flexibility index (Phi) is 11.1. The van der Waals surface area contributed by atoms with Gasteiger partial charge in [0.05, 0.1) is 12.1 Å². The van der Waals surface area contributed by atoms with Crippen LogP contribution in [0.15, 0.2) is 53.1 Å². The fourth-order valence-corrected chi connectivity index (χ4v) is 5.14. The van der Waals surface area contributed by atoms with Crippen molar-refractivity contribution in [3.05, 3.63) is 53.7 Å². The van der Waals surface area contributed by atoms with E-state index in [1.165, 1.54) is 25.4 Å². The molecule has 1 saturated heterocycles. The highest BCUT2D eigenvalue weighted by molar-refractivity contribution is 7.80. The maximum Gasteiger partial charge on any atom is 0.418 e. The van der Waals surface area contributed by atoms with Crippen LogP contribution >= 0.6 is 11.3 Å². The van der Waals surface area contributed by atoms with Gasteiger partial charge in [0, 0.05) is 17.1 Å². The Morgan fingerprint density at radius 1 is 1.16 bits per heavy atom. The molecule has 3 heterocycles. The third-order valence-electron chi connectivity index (χ3n) is 6.78. The van der Waals surface area contributed by atoms with Gasteiger partial charge in [-0.05, 0) is 43.7 Å². The number of nitrogen functional groups attached to an aromatic ring is 1. The highest BCUT2D eigenvalue weighted by Crippen LogP contribution is 2.33. The minimum atomic E-state index is -5.04. The monoisotopic (exact) mass is 722 g/mol. The second kappa shape index (κ2) is 14.9. The zero-order valence-electron chi connectivity index (χ0n) is 25.5. The zero-order chi connectivity index (χ0) is 36.1. The fraction of sp³-hybridized carbons (Fsp3) is 0.296. The lowest BCUT2D eigenvalue weighted by molar-refractivity contribution is -0.218. The zero-order valence-corrected chi connectivity index (χ0v) is 27.2. The number of nitrogens with one attached hydrogen (secondary N) is 2. The molecule has 4 rings (SSSR count). The number of oxime groups is 1. The van der Waals surface area contributed by atoms with Crippen LogP contribution in [0.1, 0.15) is 19.5 Å². The van der Waals surface area contributed by atoms with Gasteiger partial charge in [-0.1, -0.05) is 17.3 Å². The van der Waals surface area contributed by atoms with E-state index in [0.29, 0.717) is 16.2 Å². The molecule has 1 aliphatic heterocycles. The molecule has 49 heavy (non-hydrogen) atoms. The normalized spacial score (nSPS) is 17.0. The van der Waals surface area contributed by atoms with E-state index in [4.69, 9.17) is 30.7 Å². The molecule has 0 radical (unpaired) electrons. The lowest BCUT2D eigenvalue weighted by Crippen LogP contribution is -2.76. The molecule has 22 heteroatoms. The van der Waals surface area contributed by atoms with Gasteiger partial charge < -0.3 is 41.9 Å². The number of nitrogens with zero attached hydrogens (tertiary/aromatic N) is 4. The van der Waals surface area contributed by atoms with Gasteiger partial charge in [0.15, 0.2) is 10.8 Å². The van der Waals surface area contributed by atoms with E-state index in [-0.39, 0.29) is 22.4 Å². The van der Waals surface area contributed by atoms with Crippen molar-refractivity contribution in [3.8, 4) is 16.9 Å². The molecule has 0 unspecified atom stereocenters. The number of pyridine rings is 1. The van der Waals surface area contributed by atoms with Gasteiger partial charge in [0.25, 0.3) is 17.9 Å². The first kappa shape index (κ1) is 36.6. The van der Waals surface area contributed by atoms with Gasteiger partial charge in [0.1, 0.15) is 36.0 Å². The number of hydrogen-bond donors (Lipinski definition) is 7. The van der Waals surface area contributed by atoms with Gasteiger partial charge in [-0.3, -0.25) is 18.9 Å². The largest absolute Gasteiger partial charge is 0.489 e. The number of nitrogens with two attached hydrogens (primary N) is 2. The molecule has 3 atom stereocenters. The second-order valence-electron chi connectivity index (χ2n) is 10.7. The molecule has 0 spiro atoms. The highest BCUT2D eigenvalue weighted by atomic mass is 32.3. The summed E-state index contributed by atoms with van der Waals surface area (Å²) >= 11 is 0.934. The summed E-state index contributed by atoms with van der Waals surface area (Å²) in [5.74, 6) is -3.67. The van der Waals surface area contributed by atoms with E-state index < -0.39 is 76.7 Å². The maximum atomic E-state index is 13.2. The van der Waals surface area contributed by atoms with Crippen LogP contribution in [0.5, 0.6) is 5.75 Å². The molecule has 1 aliphatic rings. The number of β-lactam (4-membered cyclic amide) rings is 1. The van der Waals surface area contributed by atoms with Crippen molar-refractivity contribution >= 4 is 62.1 Å². The van der Waals surface area contributed by atoms with Gasteiger partial charge >= 0.3 is 16.4 Å². The number of rotatable bonds is 15. The average Bonchev–Trinajstić information content (AvgIpc) is 3.48. The van der Waals surface area contributed by atoms with Crippen LogP contribution in [0.2, 0.25) is 0 Å². The first-order chi connectivity index (χ1) is 23.0. The Labute approximate surface area is 281 Å². The first-order valence-electron chi connectivity index (χ1n) is 13.9. The molecule has 0 bridgehead atoms. The summed E-state index contributed by atoms with van der Waals surface area (Å²) in [6.07, 6.45) is -0.235. The minimum absolute atomic E-state index is 0.0334. The van der Waals surface area contributed by atoms with E-state index in [1.807, 2.05) is 0 Å². The van der Waals surface area contributed by atoms with Crippen LogP contribution in [0.4, 0.5) is 10.9 Å². The molecule has 9 N–H and O–H groups in total. The molecule has 262 valence electrons. The molecule has 3 amide bonds. The van der Waals surface area contributed by atoms with Crippen molar-refractivity contribution in [3.63, 3.8) is 0 Å². The number of aliphatic carboxylic acids is 1. The number of anilines is 2. The van der Waals surface area contributed by atoms with Gasteiger partial charge in [-0.15, -0.1) is 15.6 Å². The summed E-state index contributed by atoms with van der Waals surface area (Å²) in [5, 5.41) is 28.9. The number of hydrogen-bond acceptors (Lipinski definition) is 16. The molecular weight excluding hydrogens is 692 g/mol. The number of carbonyl (C=O) groups excluding carboxylic acids is 3. The molecule has 20 nitrogen and oxygen atoms in total. The average molecular weight is 723 g/mol. The van der Waals surface area contributed by atoms with Crippen LogP contribution in [0, 0.1) is 0 Å².